The summed E-state index contributed by atoms with van der Waals surface area (Å²) in [7, 11) is 0. The summed E-state index contributed by atoms with van der Waals surface area (Å²) in [5, 5.41) is 6.55. The molecule has 0 saturated heterocycles. The quantitative estimate of drug-likeness (QED) is 0.609. The molecule has 30 heavy (non-hydrogen) atoms. The highest BCUT2D eigenvalue weighted by Crippen LogP contribution is 2.28. The molecule has 1 heterocycles. The number of rotatable bonds is 6. The van der Waals surface area contributed by atoms with Crippen molar-refractivity contribution < 1.29 is 9.59 Å². The van der Waals surface area contributed by atoms with E-state index in [-0.39, 0.29) is 24.8 Å². The number of anilines is 1. The van der Waals surface area contributed by atoms with Gasteiger partial charge in [0, 0.05) is 16.1 Å². The molecule has 0 saturated carbocycles. The Bertz CT molecular complexity index is 1060. The Labute approximate surface area is 181 Å². The Morgan fingerprint density at radius 1 is 0.900 bits per heavy atom. The maximum absolute atomic E-state index is 12.5. The van der Waals surface area contributed by atoms with Crippen molar-refractivity contribution in [2.45, 2.75) is 41.0 Å². The Morgan fingerprint density at radius 3 is 2.17 bits per heavy atom. The van der Waals surface area contributed by atoms with Crippen LogP contribution in [0.15, 0.2) is 36.4 Å². The van der Waals surface area contributed by atoms with Crippen LogP contribution in [0.4, 0.5) is 5.69 Å². The van der Waals surface area contributed by atoms with Crippen molar-refractivity contribution in [1.29, 1.82) is 0 Å². The highest BCUT2D eigenvalue weighted by molar-refractivity contribution is 7.12. The number of thiazole rings is 1. The van der Waals surface area contributed by atoms with E-state index in [0.717, 1.165) is 43.5 Å². The third kappa shape index (κ3) is 5.33. The lowest BCUT2D eigenvalue weighted by Crippen LogP contribution is -2.34. The van der Waals surface area contributed by atoms with Crippen molar-refractivity contribution in [3.63, 3.8) is 0 Å². The van der Waals surface area contributed by atoms with Gasteiger partial charge in [0.15, 0.2) is 0 Å². The Hall–Kier alpha value is -2.99. The topological polar surface area (TPSA) is 71.1 Å². The molecule has 6 heteroatoms. The third-order valence-corrected chi connectivity index (χ3v) is 5.81. The van der Waals surface area contributed by atoms with Crippen LogP contribution in [0.5, 0.6) is 0 Å². The van der Waals surface area contributed by atoms with Gasteiger partial charge < -0.3 is 10.6 Å². The first-order chi connectivity index (χ1) is 14.2. The number of carbonyl (C=O) groups is 2. The standard InChI is InChI=1S/C24H27N3O2S/c1-14-6-8-19(9-7-14)24-20(30-18(5)26-24)12-21(28)25-13-22(29)27-23-16(3)10-15(2)11-17(23)4/h6-11H,12-13H2,1-5H3,(H,25,28)(H,27,29). The number of carbonyl (C=O) groups excluding carboxylic acids is 2. The van der Waals surface area contributed by atoms with E-state index < -0.39 is 0 Å². The van der Waals surface area contributed by atoms with Crippen molar-refractivity contribution in [3.8, 4) is 11.3 Å². The second kappa shape index (κ2) is 9.22. The molecule has 1 aromatic heterocycles. The van der Waals surface area contributed by atoms with Gasteiger partial charge in [-0.2, -0.15) is 0 Å². The van der Waals surface area contributed by atoms with E-state index in [1.165, 1.54) is 16.9 Å². The summed E-state index contributed by atoms with van der Waals surface area (Å²) in [6, 6.07) is 12.2. The smallest absolute Gasteiger partial charge is 0.243 e. The molecule has 2 N–H and O–H groups in total. The molecule has 5 nitrogen and oxygen atoms in total. The summed E-state index contributed by atoms with van der Waals surface area (Å²) in [6.07, 6.45) is 0.199. The van der Waals surface area contributed by atoms with Crippen LogP contribution < -0.4 is 10.6 Å². The molecule has 0 aliphatic heterocycles. The van der Waals surface area contributed by atoms with E-state index in [1.54, 1.807) is 0 Å². The summed E-state index contributed by atoms with van der Waals surface area (Å²) in [5.41, 5.74) is 6.99. The molecule has 0 unspecified atom stereocenters. The lowest BCUT2D eigenvalue weighted by Gasteiger charge is -2.13. The number of nitrogens with zero attached hydrogens (tertiary/aromatic N) is 1. The number of nitrogens with one attached hydrogen (secondary N) is 2. The molecule has 0 radical (unpaired) electrons. The fraction of sp³-hybridized carbons (Fsp3) is 0.292. The molecule has 0 aliphatic carbocycles. The summed E-state index contributed by atoms with van der Waals surface area (Å²) in [6.45, 7) is 9.86. The number of aryl methyl sites for hydroxylation is 5. The van der Waals surface area contributed by atoms with Crippen molar-refractivity contribution in [3.05, 3.63) is 68.5 Å². The minimum Gasteiger partial charge on any atom is -0.347 e. The zero-order chi connectivity index (χ0) is 21.8. The number of aromatic nitrogens is 1. The fourth-order valence-electron chi connectivity index (χ4n) is 3.47. The average molecular weight is 422 g/mol. The first kappa shape index (κ1) is 21.7. The molecule has 0 fully saturated rings. The van der Waals surface area contributed by atoms with E-state index in [1.807, 2.05) is 71.0 Å². The van der Waals surface area contributed by atoms with Crippen LogP contribution in [0.1, 0.15) is 32.1 Å². The zero-order valence-electron chi connectivity index (χ0n) is 18.1. The fourth-order valence-corrected chi connectivity index (χ4v) is 4.43. The van der Waals surface area contributed by atoms with Gasteiger partial charge in [-0.3, -0.25) is 9.59 Å². The van der Waals surface area contributed by atoms with E-state index >= 15 is 0 Å². The molecular formula is C24H27N3O2S. The van der Waals surface area contributed by atoms with Gasteiger partial charge in [-0.25, -0.2) is 4.98 Å². The minimum absolute atomic E-state index is 0.0662. The molecule has 156 valence electrons. The van der Waals surface area contributed by atoms with Crippen LogP contribution >= 0.6 is 11.3 Å². The summed E-state index contributed by atoms with van der Waals surface area (Å²) >= 11 is 1.51. The predicted octanol–water partition coefficient (Wildman–Crippen LogP) is 4.65. The van der Waals surface area contributed by atoms with E-state index in [0.29, 0.717) is 0 Å². The van der Waals surface area contributed by atoms with Gasteiger partial charge in [0.25, 0.3) is 0 Å². The van der Waals surface area contributed by atoms with E-state index in [4.69, 9.17) is 0 Å². The lowest BCUT2D eigenvalue weighted by atomic mass is 10.1. The van der Waals surface area contributed by atoms with Gasteiger partial charge in [-0.15, -0.1) is 11.3 Å². The van der Waals surface area contributed by atoms with Crippen molar-refractivity contribution in [1.82, 2.24) is 10.3 Å². The Morgan fingerprint density at radius 2 is 1.53 bits per heavy atom. The predicted molar refractivity (Wildman–Crippen MR) is 123 cm³/mol. The van der Waals surface area contributed by atoms with Crippen LogP contribution in [-0.4, -0.2) is 23.3 Å². The van der Waals surface area contributed by atoms with Gasteiger partial charge >= 0.3 is 0 Å². The number of hydrogen-bond acceptors (Lipinski definition) is 4. The molecule has 3 rings (SSSR count). The van der Waals surface area contributed by atoms with Crippen LogP contribution in [0.25, 0.3) is 11.3 Å². The van der Waals surface area contributed by atoms with Crippen molar-refractivity contribution in [2.75, 3.05) is 11.9 Å². The molecule has 3 aromatic rings. The Balaban J connectivity index is 1.62. The third-order valence-electron chi connectivity index (χ3n) is 4.84. The maximum atomic E-state index is 12.5. The number of hydrogen-bond donors (Lipinski definition) is 2. The van der Waals surface area contributed by atoms with Crippen LogP contribution in [0, 0.1) is 34.6 Å². The molecule has 0 atom stereocenters. The van der Waals surface area contributed by atoms with E-state index in [2.05, 4.69) is 15.6 Å². The normalized spacial score (nSPS) is 10.7. The first-order valence-corrected chi connectivity index (χ1v) is 10.7. The van der Waals surface area contributed by atoms with Gasteiger partial charge in [0.1, 0.15) is 0 Å². The zero-order valence-corrected chi connectivity index (χ0v) is 18.9. The monoisotopic (exact) mass is 421 g/mol. The van der Waals surface area contributed by atoms with Gasteiger partial charge in [-0.1, -0.05) is 47.5 Å². The van der Waals surface area contributed by atoms with Crippen LogP contribution in [0.2, 0.25) is 0 Å². The summed E-state index contributed by atoms with van der Waals surface area (Å²) in [5.74, 6) is -0.433. The SMILES string of the molecule is Cc1ccc(-c2nc(C)sc2CC(=O)NCC(=O)Nc2c(C)cc(C)cc2C)cc1. The molecule has 2 aromatic carbocycles. The summed E-state index contributed by atoms with van der Waals surface area (Å²) < 4.78 is 0. The molecular weight excluding hydrogens is 394 g/mol. The highest BCUT2D eigenvalue weighted by Gasteiger charge is 2.16. The largest absolute Gasteiger partial charge is 0.347 e. The number of benzene rings is 2. The van der Waals surface area contributed by atoms with Gasteiger partial charge in [0.05, 0.1) is 23.7 Å². The summed E-state index contributed by atoms with van der Waals surface area (Å²) in [4.78, 5) is 30.3. The molecule has 2 amide bonds. The highest BCUT2D eigenvalue weighted by atomic mass is 32.1. The maximum Gasteiger partial charge on any atom is 0.243 e. The first-order valence-electron chi connectivity index (χ1n) is 9.90. The number of amides is 2. The van der Waals surface area contributed by atoms with Crippen LogP contribution in [-0.2, 0) is 16.0 Å². The minimum atomic E-state index is -0.238. The second-order valence-corrected chi connectivity index (χ2v) is 8.93. The van der Waals surface area contributed by atoms with Gasteiger partial charge in [0.2, 0.25) is 11.8 Å². The van der Waals surface area contributed by atoms with Gasteiger partial charge in [-0.05, 0) is 45.7 Å². The van der Waals surface area contributed by atoms with Crippen LogP contribution in [0.3, 0.4) is 0 Å². The van der Waals surface area contributed by atoms with E-state index in [9.17, 15) is 9.59 Å². The average Bonchev–Trinajstić information content (AvgIpc) is 3.03. The molecule has 0 spiro atoms. The molecule has 0 bridgehead atoms. The lowest BCUT2D eigenvalue weighted by molar-refractivity contribution is -0.123. The second-order valence-electron chi connectivity index (χ2n) is 7.65. The van der Waals surface area contributed by atoms with Crippen molar-refractivity contribution >= 4 is 28.8 Å². The van der Waals surface area contributed by atoms with Crippen molar-refractivity contribution in [2.24, 2.45) is 0 Å². The molecule has 0 aliphatic rings. The Kier molecular flexibility index (Phi) is 6.67.